The van der Waals surface area contributed by atoms with Crippen LogP contribution < -0.4 is 20.3 Å². The van der Waals surface area contributed by atoms with Gasteiger partial charge < -0.3 is 25.2 Å². The first-order valence-electron chi connectivity index (χ1n) is 8.90. The molecule has 3 amide bonds. The van der Waals surface area contributed by atoms with Crippen molar-refractivity contribution in [2.24, 2.45) is 0 Å². The lowest BCUT2D eigenvalue weighted by molar-refractivity contribution is -0.122. The molecule has 2 heterocycles. The standard InChI is InChI=1S/C18H26N4O3/c1-25-16-8-3-2-7-15(16)21-10-12-22(13-11-21)18(24)20-14-6-4-5-9-19-17(14)23/h2-3,7-8,14H,4-6,9-13H2,1H3,(H,19,23)(H,20,24). The van der Waals surface area contributed by atoms with Gasteiger partial charge in [0, 0.05) is 32.7 Å². The molecule has 7 nitrogen and oxygen atoms in total. The number of para-hydroxylation sites is 2. The van der Waals surface area contributed by atoms with Gasteiger partial charge in [0.15, 0.2) is 0 Å². The van der Waals surface area contributed by atoms with Gasteiger partial charge in [0.05, 0.1) is 12.8 Å². The number of nitrogens with one attached hydrogen (secondary N) is 2. The monoisotopic (exact) mass is 346 g/mol. The molecule has 136 valence electrons. The van der Waals surface area contributed by atoms with Gasteiger partial charge >= 0.3 is 6.03 Å². The summed E-state index contributed by atoms with van der Waals surface area (Å²) in [6, 6.07) is 7.35. The zero-order chi connectivity index (χ0) is 17.6. The molecule has 2 aliphatic rings. The number of amides is 3. The number of rotatable bonds is 3. The molecule has 1 atom stereocenters. The third kappa shape index (κ3) is 4.15. The Labute approximate surface area is 148 Å². The van der Waals surface area contributed by atoms with Gasteiger partial charge in [-0.2, -0.15) is 0 Å². The van der Waals surface area contributed by atoms with Crippen molar-refractivity contribution in [3.63, 3.8) is 0 Å². The van der Waals surface area contributed by atoms with Gasteiger partial charge in [-0.3, -0.25) is 4.79 Å². The lowest BCUT2D eigenvalue weighted by Gasteiger charge is -2.37. The summed E-state index contributed by atoms with van der Waals surface area (Å²) < 4.78 is 5.42. The zero-order valence-corrected chi connectivity index (χ0v) is 14.7. The quantitative estimate of drug-likeness (QED) is 0.862. The first kappa shape index (κ1) is 17.4. The second-order valence-corrected chi connectivity index (χ2v) is 6.43. The number of carbonyl (C=O) groups is 2. The molecule has 0 radical (unpaired) electrons. The summed E-state index contributed by atoms with van der Waals surface area (Å²) >= 11 is 0. The number of piperazine rings is 1. The molecule has 0 aliphatic carbocycles. The first-order chi connectivity index (χ1) is 12.2. The predicted octanol–water partition coefficient (Wildman–Crippen LogP) is 1.20. The van der Waals surface area contributed by atoms with Gasteiger partial charge in [-0.1, -0.05) is 12.1 Å². The van der Waals surface area contributed by atoms with Crippen LogP contribution in [0.5, 0.6) is 5.75 Å². The maximum Gasteiger partial charge on any atom is 0.318 e. The average Bonchev–Trinajstić information content (AvgIpc) is 2.86. The number of ether oxygens (including phenoxy) is 1. The van der Waals surface area contributed by atoms with Crippen LogP contribution in [0.3, 0.4) is 0 Å². The van der Waals surface area contributed by atoms with E-state index in [1.807, 2.05) is 24.3 Å². The SMILES string of the molecule is COc1ccccc1N1CCN(C(=O)NC2CCCCNC2=O)CC1. The van der Waals surface area contributed by atoms with Crippen LogP contribution >= 0.6 is 0 Å². The Hall–Kier alpha value is -2.44. The maximum absolute atomic E-state index is 12.5. The summed E-state index contributed by atoms with van der Waals surface area (Å²) in [6.07, 6.45) is 2.62. The fourth-order valence-corrected chi connectivity index (χ4v) is 3.36. The summed E-state index contributed by atoms with van der Waals surface area (Å²) in [5.41, 5.74) is 1.05. The molecule has 25 heavy (non-hydrogen) atoms. The summed E-state index contributed by atoms with van der Waals surface area (Å²) in [7, 11) is 1.67. The van der Waals surface area contributed by atoms with Crippen LogP contribution in [0, 0.1) is 0 Å². The van der Waals surface area contributed by atoms with E-state index in [4.69, 9.17) is 4.74 Å². The third-order valence-electron chi connectivity index (χ3n) is 4.83. The fourth-order valence-electron chi connectivity index (χ4n) is 3.36. The molecule has 1 aromatic rings. The maximum atomic E-state index is 12.5. The third-order valence-corrected chi connectivity index (χ3v) is 4.83. The molecule has 7 heteroatoms. The Morgan fingerprint density at radius 1 is 1.20 bits per heavy atom. The Bertz CT molecular complexity index is 614. The molecule has 0 bridgehead atoms. The van der Waals surface area contributed by atoms with Gasteiger partial charge in [0.2, 0.25) is 5.91 Å². The lowest BCUT2D eigenvalue weighted by atomic mass is 10.1. The van der Waals surface area contributed by atoms with Crippen LogP contribution in [-0.2, 0) is 4.79 Å². The largest absolute Gasteiger partial charge is 0.495 e. The highest BCUT2D eigenvalue weighted by Gasteiger charge is 2.27. The molecule has 3 rings (SSSR count). The van der Waals surface area contributed by atoms with E-state index < -0.39 is 6.04 Å². The van der Waals surface area contributed by atoms with Crippen LogP contribution in [0.4, 0.5) is 10.5 Å². The molecule has 0 spiro atoms. The average molecular weight is 346 g/mol. The molecule has 1 aromatic carbocycles. The van der Waals surface area contributed by atoms with E-state index in [-0.39, 0.29) is 11.9 Å². The smallest absolute Gasteiger partial charge is 0.318 e. The Balaban J connectivity index is 1.54. The Kier molecular flexibility index (Phi) is 5.63. The van der Waals surface area contributed by atoms with Crippen LogP contribution in [-0.4, -0.2) is 62.7 Å². The van der Waals surface area contributed by atoms with Crippen LogP contribution in [0.1, 0.15) is 19.3 Å². The van der Waals surface area contributed by atoms with Crippen molar-refractivity contribution in [1.82, 2.24) is 15.5 Å². The van der Waals surface area contributed by atoms with E-state index in [1.54, 1.807) is 12.0 Å². The van der Waals surface area contributed by atoms with Crippen molar-refractivity contribution in [3.8, 4) is 5.75 Å². The molecule has 2 aliphatic heterocycles. The second kappa shape index (κ2) is 8.09. The number of anilines is 1. The number of nitrogens with zero attached hydrogens (tertiary/aromatic N) is 2. The van der Waals surface area contributed by atoms with Gasteiger partial charge in [0.1, 0.15) is 11.8 Å². The minimum Gasteiger partial charge on any atom is -0.495 e. The molecule has 2 N–H and O–H groups in total. The topological polar surface area (TPSA) is 73.9 Å². The molecule has 0 aromatic heterocycles. The number of methoxy groups -OCH3 is 1. The van der Waals surface area contributed by atoms with Gasteiger partial charge in [-0.15, -0.1) is 0 Å². The molecule has 2 fully saturated rings. The highest BCUT2D eigenvalue weighted by Crippen LogP contribution is 2.28. The summed E-state index contributed by atoms with van der Waals surface area (Å²) in [5, 5.41) is 5.74. The van der Waals surface area contributed by atoms with Gasteiger partial charge in [0.25, 0.3) is 0 Å². The number of carbonyl (C=O) groups excluding carboxylic acids is 2. The number of benzene rings is 1. The van der Waals surface area contributed by atoms with E-state index in [9.17, 15) is 9.59 Å². The van der Waals surface area contributed by atoms with Crippen LogP contribution in [0.2, 0.25) is 0 Å². The van der Waals surface area contributed by atoms with E-state index >= 15 is 0 Å². The lowest BCUT2D eigenvalue weighted by Crippen LogP contribution is -2.55. The molecule has 0 saturated carbocycles. The fraction of sp³-hybridized carbons (Fsp3) is 0.556. The van der Waals surface area contributed by atoms with Crippen molar-refractivity contribution in [2.45, 2.75) is 25.3 Å². The molecule has 2 saturated heterocycles. The summed E-state index contributed by atoms with van der Waals surface area (Å²) in [6.45, 7) is 3.43. The second-order valence-electron chi connectivity index (χ2n) is 6.43. The van der Waals surface area contributed by atoms with E-state index in [1.165, 1.54) is 0 Å². The van der Waals surface area contributed by atoms with E-state index in [0.29, 0.717) is 26.1 Å². The molecular formula is C18H26N4O3. The highest BCUT2D eigenvalue weighted by atomic mass is 16.5. The number of hydrogen-bond acceptors (Lipinski definition) is 4. The van der Waals surface area contributed by atoms with Gasteiger partial charge in [-0.25, -0.2) is 4.79 Å². The minimum absolute atomic E-state index is 0.0708. The molecular weight excluding hydrogens is 320 g/mol. The number of hydrogen-bond donors (Lipinski definition) is 2. The van der Waals surface area contributed by atoms with Crippen LogP contribution in [0.15, 0.2) is 24.3 Å². The molecule has 1 unspecified atom stereocenters. The number of urea groups is 1. The van der Waals surface area contributed by atoms with E-state index in [2.05, 4.69) is 15.5 Å². The van der Waals surface area contributed by atoms with Crippen molar-refractivity contribution in [1.29, 1.82) is 0 Å². The summed E-state index contributed by atoms with van der Waals surface area (Å²) in [4.78, 5) is 28.5. The summed E-state index contributed by atoms with van der Waals surface area (Å²) in [5.74, 6) is 0.772. The van der Waals surface area contributed by atoms with Crippen LogP contribution in [0.25, 0.3) is 0 Å². The van der Waals surface area contributed by atoms with E-state index in [0.717, 1.165) is 37.4 Å². The zero-order valence-electron chi connectivity index (χ0n) is 14.7. The van der Waals surface area contributed by atoms with Crippen molar-refractivity contribution < 1.29 is 14.3 Å². The Morgan fingerprint density at radius 3 is 2.72 bits per heavy atom. The predicted molar refractivity (Wildman–Crippen MR) is 96.0 cm³/mol. The Morgan fingerprint density at radius 2 is 1.96 bits per heavy atom. The minimum atomic E-state index is -0.415. The van der Waals surface area contributed by atoms with Crippen molar-refractivity contribution in [2.75, 3.05) is 44.7 Å². The normalized spacial score (nSPS) is 21.3. The van der Waals surface area contributed by atoms with Crippen molar-refractivity contribution in [3.05, 3.63) is 24.3 Å². The van der Waals surface area contributed by atoms with Gasteiger partial charge in [-0.05, 0) is 31.4 Å². The van der Waals surface area contributed by atoms with Crippen molar-refractivity contribution >= 4 is 17.6 Å². The highest BCUT2D eigenvalue weighted by molar-refractivity contribution is 5.87. The first-order valence-corrected chi connectivity index (χ1v) is 8.90.